The summed E-state index contributed by atoms with van der Waals surface area (Å²) in [6.07, 6.45) is 5.20. The Labute approximate surface area is 128 Å². The minimum Gasteiger partial charge on any atom is -0.372 e. The second-order valence-electron chi connectivity index (χ2n) is 4.92. The summed E-state index contributed by atoms with van der Waals surface area (Å²) >= 11 is 5.65. The largest absolute Gasteiger partial charge is 0.372 e. The molecule has 0 saturated carbocycles. The molecule has 2 heterocycles. The smallest absolute Gasteiger partial charge is 0.275 e. The molecule has 0 radical (unpaired) electrons. The van der Waals surface area contributed by atoms with Crippen LogP contribution in [-0.4, -0.2) is 29.0 Å². The molecular weight excluding hydrogens is 288 g/mol. The van der Waals surface area contributed by atoms with Crippen LogP contribution in [0.5, 0.6) is 0 Å². The lowest BCUT2D eigenvalue weighted by molar-refractivity contribution is 0.102. The van der Waals surface area contributed by atoms with Crippen LogP contribution in [0.15, 0.2) is 36.7 Å². The Hall–Kier alpha value is -2.14. The molecule has 2 aromatic rings. The van der Waals surface area contributed by atoms with E-state index in [1.807, 2.05) is 24.3 Å². The fourth-order valence-electron chi connectivity index (χ4n) is 2.36. The lowest BCUT2D eigenvalue weighted by Gasteiger charge is -2.17. The molecule has 5 nitrogen and oxygen atoms in total. The van der Waals surface area contributed by atoms with Gasteiger partial charge >= 0.3 is 0 Å². The van der Waals surface area contributed by atoms with Crippen molar-refractivity contribution in [2.24, 2.45) is 0 Å². The van der Waals surface area contributed by atoms with Crippen LogP contribution in [0.3, 0.4) is 0 Å². The monoisotopic (exact) mass is 302 g/mol. The van der Waals surface area contributed by atoms with Crippen LogP contribution in [0.25, 0.3) is 0 Å². The lowest BCUT2D eigenvalue weighted by Crippen LogP contribution is -2.17. The first kappa shape index (κ1) is 13.8. The summed E-state index contributed by atoms with van der Waals surface area (Å²) in [5.74, 6) is -0.298. The first-order chi connectivity index (χ1) is 10.2. The average Bonchev–Trinajstić information content (AvgIpc) is 3.03. The van der Waals surface area contributed by atoms with Crippen LogP contribution in [0.2, 0.25) is 5.15 Å². The van der Waals surface area contributed by atoms with E-state index in [1.165, 1.54) is 30.9 Å². The molecule has 0 aliphatic carbocycles. The van der Waals surface area contributed by atoms with Gasteiger partial charge in [0.25, 0.3) is 5.91 Å². The molecule has 0 bridgehead atoms. The summed E-state index contributed by atoms with van der Waals surface area (Å²) in [4.78, 5) is 22.1. The van der Waals surface area contributed by atoms with Crippen LogP contribution in [0.4, 0.5) is 11.4 Å². The zero-order valence-electron chi connectivity index (χ0n) is 11.4. The molecule has 0 atom stereocenters. The summed E-state index contributed by atoms with van der Waals surface area (Å²) in [5.41, 5.74) is 2.17. The number of anilines is 2. The predicted molar refractivity (Wildman–Crippen MR) is 82.9 cm³/mol. The summed E-state index contributed by atoms with van der Waals surface area (Å²) in [6, 6.07) is 7.84. The SMILES string of the molecule is O=C(Nc1ccc(N2CCCC2)cc1)c1cnc(Cl)cn1. The average molecular weight is 303 g/mol. The van der Waals surface area contributed by atoms with Crippen molar-refractivity contribution in [3.05, 3.63) is 47.5 Å². The van der Waals surface area contributed by atoms with Crippen molar-refractivity contribution in [2.75, 3.05) is 23.3 Å². The van der Waals surface area contributed by atoms with E-state index in [9.17, 15) is 4.79 Å². The highest BCUT2D eigenvalue weighted by molar-refractivity contribution is 6.29. The molecule has 1 saturated heterocycles. The fourth-order valence-corrected chi connectivity index (χ4v) is 2.45. The molecule has 3 rings (SSSR count). The molecule has 1 amide bonds. The molecule has 1 N–H and O–H groups in total. The quantitative estimate of drug-likeness (QED) is 0.947. The van der Waals surface area contributed by atoms with Gasteiger partial charge in [0.1, 0.15) is 10.8 Å². The van der Waals surface area contributed by atoms with Crippen molar-refractivity contribution in [1.82, 2.24) is 9.97 Å². The Bertz CT molecular complexity index is 621. The molecule has 0 spiro atoms. The number of aromatic nitrogens is 2. The van der Waals surface area contributed by atoms with Crippen LogP contribution in [0, 0.1) is 0 Å². The predicted octanol–water partition coefficient (Wildman–Crippen LogP) is 2.98. The molecule has 108 valence electrons. The van der Waals surface area contributed by atoms with E-state index in [4.69, 9.17) is 11.6 Å². The number of carbonyl (C=O) groups excluding carboxylic acids is 1. The molecule has 1 aromatic carbocycles. The van der Waals surface area contributed by atoms with E-state index in [2.05, 4.69) is 20.2 Å². The van der Waals surface area contributed by atoms with Gasteiger partial charge in [0.2, 0.25) is 0 Å². The number of hydrogen-bond acceptors (Lipinski definition) is 4. The molecule has 1 aromatic heterocycles. The molecule has 6 heteroatoms. The van der Waals surface area contributed by atoms with Gasteiger partial charge in [-0.3, -0.25) is 4.79 Å². The molecule has 0 unspecified atom stereocenters. The van der Waals surface area contributed by atoms with Gasteiger partial charge in [0, 0.05) is 24.5 Å². The number of benzene rings is 1. The highest BCUT2D eigenvalue weighted by Crippen LogP contribution is 2.22. The molecule has 21 heavy (non-hydrogen) atoms. The minimum atomic E-state index is -0.298. The number of rotatable bonds is 3. The second kappa shape index (κ2) is 6.10. The molecule has 1 aliphatic heterocycles. The second-order valence-corrected chi connectivity index (χ2v) is 5.31. The Morgan fingerprint density at radius 3 is 2.43 bits per heavy atom. The number of nitrogens with one attached hydrogen (secondary N) is 1. The topological polar surface area (TPSA) is 58.1 Å². The maximum Gasteiger partial charge on any atom is 0.275 e. The van der Waals surface area contributed by atoms with Gasteiger partial charge in [-0.05, 0) is 37.1 Å². The lowest BCUT2D eigenvalue weighted by atomic mass is 10.2. The van der Waals surface area contributed by atoms with Gasteiger partial charge in [0.05, 0.1) is 12.4 Å². The molecule has 1 fully saturated rings. The normalized spacial score (nSPS) is 14.2. The van der Waals surface area contributed by atoms with Crippen molar-refractivity contribution in [3.63, 3.8) is 0 Å². The van der Waals surface area contributed by atoms with Crippen molar-refractivity contribution in [1.29, 1.82) is 0 Å². The Morgan fingerprint density at radius 1 is 1.10 bits per heavy atom. The van der Waals surface area contributed by atoms with Crippen LogP contribution in [-0.2, 0) is 0 Å². The number of amides is 1. The third-order valence-corrected chi connectivity index (χ3v) is 3.64. The first-order valence-corrected chi connectivity index (χ1v) is 7.24. The van der Waals surface area contributed by atoms with Crippen molar-refractivity contribution in [2.45, 2.75) is 12.8 Å². The molecule has 1 aliphatic rings. The van der Waals surface area contributed by atoms with Crippen molar-refractivity contribution >= 4 is 28.9 Å². The highest BCUT2D eigenvalue weighted by Gasteiger charge is 2.12. The van der Waals surface area contributed by atoms with Crippen LogP contribution < -0.4 is 10.2 Å². The summed E-state index contributed by atoms with van der Waals surface area (Å²) in [6.45, 7) is 2.21. The Balaban J connectivity index is 1.67. The van der Waals surface area contributed by atoms with Gasteiger partial charge in [-0.2, -0.15) is 0 Å². The highest BCUT2D eigenvalue weighted by atomic mass is 35.5. The van der Waals surface area contributed by atoms with Gasteiger partial charge < -0.3 is 10.2 Å². The standard InChI is InChI=1S/C15H15ClN4O/c16-14-10-17-13(9-18-14)15(21)19-11-3-5-12(6-4-11)20-7-1-2-8-20/h3-6,9-10H,1-2,7-8H2,(H,19,21). The van der Waals surface area contributed by atoms with E-state index >= 15 is 0 Å². The van der Waals surface area contributed by atoms with Crippen LogP contribution in [0.1, 0.15) is 23.3 Å². The summed E-state index contributed by atoms with van der Waals surface area (Å²) in [5, 5.41) is 3.06. The Morgan fingerprint density at radius 2 is 1.81 bits per heavy atom. The zero-order chi connectivity index (χ0) is 14.7. The maximum atomic E-state index is 12.0. The molecular formula is C15H15ClN4O. The van der Waals surface area contributed by atoms with Crippen molar-refractivity contribution in [3.8, 4) is 0 Å². The van der Waals surface area contributed by atoms with E-state index in [1.54, 1.807) is 0 Å². The van der Waals surface area contributed by atoms with E-state index < -0.39 is 0 Å². The van der Waals surface area contributed by atoms with E-state index in [-0.39, 0.29) is 16.8 Å². The minimum absolute atomic E-state index is 0.239. The maximum absolute atomic E-state index is 12.0. The van der Waals surface area contributed by atoms with Gasteiger partial charge in [0.15, 0.2) is 0 Å². The summed E-state index contributed by atoms with van der Waals surface area (Å²) < 4.78 is 0. The van der Waals surface area contributed by atoms with E-state index in [0.29, 0.717) is 0 Å². The van der Waals surface area contributed by atoms with Gasteiger partial charge in [-0.15, -0.1) is 0 Å². The number of nitrogens with zero attached hydrogens (tertiary/aromatic N) is 3. The number of hydrogen-bond donors (Lipinski definition) is 1. The van der Waals surface area contributed by atoms with Crippen molar-refractivity contribution < 1.29 is 4.79 Å². The number of carbonyl (C=O) groups is 1. The first-order valence-electron chi connectivity index (χ1n) is 6.86. The van der Waals surface area contributed by atoms with E-state index in [0.717, 1.165) is 18.8 Å². The Kier molecular flexibility index (Phi) is 4.01. The van der Waals surface area contributed by atoms with Gasteiger partial charge in [-0.25, -0.2) is 9.97 Å². The number of halogens is 1. The van der Waals surface area contributed by atoms with Gasteiger partial charge in [-0.1, -0.05) is 11.6 Å². The summed E-state index contributed by atoms with van der Waals surface area (Å²) in [7, 11) is 0. The fraction of sp³-hybridized carbons (Fsp3) is 0.267. The zero-order valence-corrected chi connectivity index (χ0v) is 12.2. The third kappa shape index (κ3) is 3.31. The third-order valence-electron chi connectivity index (χ3n) is 3.45. The van der Waals surface area contributed by atoms with Crippen LogP contribution >= 0.6 is 11.6 Å².